The second-order valence-corrected chi connectivity index (χ2v) is 10.4. The van der Waals surface area contributed by atoms with Gasteiger partial charge < -0.3 is 15.0 Å². The molecule has 4 rings (SSSR count). The fraction of sp³-hybridized carbons (Fsp3) is 0.458. The van der Waals surface area contributed by atoms with E-state index in [2.05, 4.69) is 22.3 Å². The average molecular weight is 458 g/mol. The van der Waals surface area contributed by atoms with Crippen molar-refractivity contribution in [2.45, 2.75) is 31.2 Å². The van der Waals surface area contributed by atoms with Gasteiger partial charge in [-0.2, -0.15) is 4.31 Å². The number of carbonyl (C=O) groups is 1. The highest BCUT2D eigenvalue weighted by molar-refractivity contribution is 7.89. The van der Waals surface area contributed by atoms with Crippen LogP contribution in [0.2, 0.25) is 0 Å². The lowest BCUT2D eigenvalue weighted by Crippen LogP contribution is -2.42. The summed E-state index contributed by atoms with van der Waals surface area (Å²) in [4.78, 5) is 15.3. The first-order valence-electron chi connectivity index (χ1n) is 11.2. The number of nitrogens with one attached hydrogen (secondary N) is 1. The maximum atomic E-state index is 12.8. The fourth-order valence-corrected chi connectivity index (χ4v) is 5.67. The maximum absolute atomic E-state index is 12.8. The van der Waals surface area contributed by atoms with Crippen molar-refractivity contribution < 1.29 is 17.9 Å². The molecule has 7 nitrogen and oxygen atoms in total. The van der Waals surface area contributed by atoms with Gasteiger partial charge in [0.25, 0.3) is 0 Å². The van der Waals surface area contributed by atoms with Crippen molar-refractivity contribution in [1.29, 1.82) is 0 Å². The lowest BCUT2D eigenvalue weighted by atomic mass is 9.97. The summed E-state index contributed by atoms with van der Waals surface area (Å²) < 4.78 is 32.6. The largest absolute Gasteiger partial charge is 0.378 e. The summed E-state index contributed by atoms with van der Waals surface area (Å²) in [5.74, 6) is -0.165. The van der Waals surface area contributed by atoms with Crippen molar-refractivity contribution in [3.8, 4) is 0 Å². The molecule has 0 spiro atoms. The Kier molecular flexibility index (Phi) is 7.13. The monoisotopic (exact) mass is 457 g/mol. The fourth-order valence-electron chi connectivity index (χ4n) is 4.20. The molecule has 2 fully saturated rings. The van der Waals surface area contributed by atoms with E-state index in [0.29, 0.717) is 37.4 Å². The van der Waals surface area contributed by atoms with Crippen LogP contribution >= 0.6 is 0 Å². The van der Waals surface area contributed by atoms with Gasteiger partial charge in [0.1, 0.15) is 0 Å². The lowest BCUT2D eigenvalue weighted by Gasteiger charge is -2.30. The number of sulfonamides is 1. The number of nitrogens with zero attached hydrogens (tertiary/aromatic N) is 2. The molecule has 2 aromatic carbocycles. The Bertz CT molecular complexity index is 1010. The summed E-state index contributed by atoms with van der Waals surface area (Å²) >= 11 is 0. The molecule has 1 N–H and O–H groups in total. The van der Waals surface area contributed by atoms with Crippen molar-refractivity contribution in [3.63, 3.8) is 0 Å². The second kappa shape index (κ2) is 10.0. The molecule has 2 heterocycles. The number of ether oxygens (including phenoxy) is 1. The molecule has 32 heavy (non-hydrogen) atoms. The van der Waals surface area contributed by atoms with Gasteiger partial charge in [0, 0.05) is 44.3 Å². The molecule has 0 aliphatic carbocycles. The quantitative estimate of drug-likeness (QED) is 0.721. The molecule has 0 saturated carbocycles. The SMILES string of the molecule is Cc1ccc(S(=O)(=O)N2CCC(C(=O)NCc3ccc(N4CCOCC4)cc3)CC2)cc1. The van der Waals surface area contributed by atoms with Gasteiger partial charge >= 0.3 is 0 Å². The molecule has 2 saturated heterocycles. The highest BCUT2D eigenvalue weighted by atomic mass is 32.2. The Morgan fingerprint density at radius 2 is 1.59 bits per heavy atom. The predicted octanol–water partition coefficient (Wildman–Crippen LogP) is 2.55. The van der Waals surface area contributed by atoms with Crippen molar-refractivity contribution in [2.24, 2.45) is 5.92 Å². The minimum Gasteiger partial charge on any atom is -0.378 e. The van der Waals surface area contributed by atoms with Crippen LogP contribution < -0.4 is 10.2 Å². The van der Waals surface area contributed by atoms with Crippen LogP contribution in [0.4, 0.5) is 5.69 Å². The molecule has 2 aliphatic heterocycles. The number of hydrogen-bond donors (Lipinski definition) is 1. The molecular weight excluding hydrogens is 426 g/mol. The van der Waals surface area contributed by atoms with Crippen molar-refractivity contribution >= 4 is 21.6 Å². The topological polar surface area (TPSA) is 79.0 Å². The van der Waals surface area contributed by atoms with Crippen LogP contribution in [0, 0.1) is 12.8 Å². The summed E-state index contributed by atoms with van der Waals surface area (Å²) in [7, 11) is -3.51. The van der Waals surface area contributed by atoms with Crippen LogP contribution in [-0.2, 0) is 26.1 Å². The molecule has 0 radical (unpaired) electrons. The smallest absolute Gasteiger partial charge is 0.243 e. The number of piperidine rings is 1. The third kappa shape index (κ3) is 5.31. The molecular formula is C24H31N3O4S. The Balaban J connectivity index is 1.26. The third-order valence-corrected chi connectivity index (χ3v) is 8.18. The van der Waals surface area contributed by atoms with Gasteiger partial charge in [-0.1, -0.05) is 29.8 Å². The minimum absolute atomic E-state index is 0.00496. The number of carbonyl (C=O) groups excluding carboxylic acids is 1. The van der Waals surface area contributed by atoms with Gasteiger partial charge in [-0.05, 0) is 49.6 Å². The Hall–Kier alpha value is -2.42. The zero-order valence-corrected chi connectivity index (χ0v) is 19.3. The van der Waals surface area contributed by atoms with Gasteiger partial charge in [-0.25, -0.2) is 8.42 Å². The summed E-state index contributed by atoms with van der Waals surface area (Å²) in [6, 6.07) is 15.2. The van der Waals surface area contributed by atoms with Crippen LogP contribution in [0.1, 0.15) is 24.0 Å². The van der Waals surface area contributed by atoms with E-state index in [1.807, 2.05) is 19.1 Å². The number of hydrogen-bond acceptors (Lipinski definition) is 5. The van der Waals surface area contributed by atoms with Crippen molar-refractivity contribution in [1.82, 2.24) is 9.62 Å². The maximum Gasteiger partial charge on any atom is 0.243 e. The number of anilines is 1. The number of aryl methyl sites for hydroxylation is 1. The van der Waals surface area contributed by atoms with Crippen LogP contribution in [0.3, 0.4) is 0 Å². The van der Waals surface area contributed by atoms with E-state index < -0.39 is 10.0 Å². The molecule has 2 aromatic rings. The van der Waals surface area contributed by atoms with Gasteiger partial charge in [0.15, 0.2) is 0 Å². The molecule has 0 unspecified atom stereocenters. The Morgan fingerprint density at radius 3 is 2.22 bits per heavy atom. The number of benzene rings is 2. The van der Waals surface area contributed by atoms with E-state index in [0.717, 1.165) is 37.4 Å². The summed E-state index contributed by atoms with van der Waals surface area (Å²) in [5.41, 5.74) is 3.25. The minimum atomic E-state index is -3.51. The third-order valence-electron chi connectivity index (χ3n) is 6.26. The summed E-state index contributed by atoms with van der Waals surface area (Å²) in [6.07, 6.45) is 1.07. The van der Waals surface area contributed by atoms with Crippen LogP contribution in [0.5, 0.6) is 0 Å². The van der Waals surface area contributed by atoms with E-state index in [-0.39, 0.29) is 11.8 Å². The van der Waals surface area contributed by atoms with Gasteiger partial charge in [0.2, 0.25) is 15.9 Å². The number of amides is 1. The average Bonchev–Trinajstić information content (AvgIpc) is 2.84. The van der Waals surface area contributed by atoms with E-state index in [9.17, 15) is 13.2 Å². The number of rotatable bonds is 6. The zero-order valence-electron chi connectivity index (χ0n) is 18.5. The number of morpholine rings is 1. The normalized spacial score (nSPS) is 18.5. The molecule has 0 bridgehead atoms. The Morgan fingerprint density at radius 1 is 0.969 bits per heavy atom. The first-order chi connectivity index (χ1) is 15.4. The highest BCUT2D eigenvalue weighted by Gasteiger charge is 2.32. The molecule has 2 aliphatic rings. The predicted molar refractivity (Wildman–Crippen MR) is 124 cm³/mol. The van der Waals surface area contributed by atoms with E-state index >= 15 is 0 Å². The van der Waals surface area contributed by atoms with Crippen molar-refractivity contribution in [2.75, 3.05) is 44.3 Å². The molecule has 1 amide bonds. The van der Waals surface area contributed by atoms with Gasteiger partial charge in [0.05, 0.1) is 18.1 Å². The summed E-state index contributed by atoms with van der Waals surface area (Å²) in [5, 5.41) is 3.02. The van der Waals surface area contributed by atoms with E-state index in [1.165, 1.54) is 9.99 Å². The first kappa shape index (κ1) is 22.8. The molecule has 0 aromatic heterocycles. The van der Waals surface area contributed by atoms with Crippen LogP contribution in [0.15, 0.2) is 53.4 Å². The Labute approximate surface area is 190 Å². The first-order valence-corrected chi connectivity index (χ1v) is 12.6. The standard InChI is InChI=1S/C24H31N3O4S/c1-19-2-8-23(9-3-19)32(29,30)27-12-10-21(11-13-27)24(28)25-18-20-4-6-22(7-5-20)26-14-16-31-17-15-26/h2-9,21H,10-18H2,1H3,(H,25,28). The molecule has 0 atom stereocenters. The van der Waals surface area contributed by atoms with Gasteiger partial charge in [-0.15, -0.1) is 0 Å². The second-order valence-electron chi connectivity index (χ2n) is 8.48. The van der Waals surface area contributed by atoms with Crippen LogP contribution in [-0.4, -0.2) is 58.0 Å². The van der Waals surface area contributed by atoms with E-state index in [4.69, 9.17) is 4.74 Å². The molecule has 172 valence electrons. The summed E-state index contributed by atoms with van der Waals surface area (Å²) in [6.45, 7) is 6.43. The van der Waals surface area contributed by atoms with Crippen LogP contribution in [0.25, 0.3) is 0 Å². The zero-order chi connectivity index (χ0) is 22.6. The lowest BCUT2D eigenvalue weighted by molar-refractivity contribution is -0.126. The van der Waals surface area contributed by atoms with Gasteiger partial charge in [-0.3, -0.25) is 4.79 Å². The molecule has 8 heteroatoms. The van der Waals surface area contributed by atoms with E-state index in [1.54, 1.807) is 24.3 Å². The van der Waals surface area contributed by atoms with Crippen molar-refractivity contribution in [3.05, 3.63) is 59.7 Å². The highest BCUT2D eigenvalue weighted by Crippen LogP contribution is 2.24.